The average Bonchev–Trinajstić information content (AvgIpc) is 2.98. The molecule has 5 rings (SSSR count). The van der Waals surface area contributed by atoms with Crippen molar-refractivity contribution in [3.63, 3.8) is 0 Å². The number of benzene rings is 3. The van der Waals surface area contributed by atoms with E-state index in [1.54, 1.807) is 6.33 Å². The maximum Gasteiger partial charge on any atom is 0.230 e. The average molecular weight is 296 g/mol. The molecule has 0 atom stereocenters. The fourth-order valence-corrected chi connectivity index (χ4v) is 3.11. The molecule has 0 aliphatic rings. The molecular weight excluding hydrogens is 284 g/mol. The van der Waals surface area contributed by atoms with E-state index in [1.165, 1.54) is 5.39 Å². The van der Waals surface area contributed by atoms with Crippen molar-refractivity contribution in [3.05, 3.63) is 73.1 Å². The molecular formula is C20H12N2O. The molecule has 0 bridgehead atoms. The van der Waals surface area contributed by atoms with Gasteiger partial charge in [0.15, 0.2) is 0 Å². The summed E-state index contributed by atoms with van der Waals surface area (Å²) in [5, 5.41) is 4.37. The first-order valence-electron chi connectivity index (χ1n) is 7.51. The number of rotatable bonds is 1. The standard InChI is InChI=1S/C20H12N2O/c1-2-6-13(7-3-1)19-18-16-10-14-8-4-5-9-15(14)11-17(16)23-20(18)22-12-21-19/h1-12H. The van der Waals surface area contributed by atoms with E-state index in [0.717, 1.165) is 33.0 Å². The lowest BCUT2D eigenvalue weighted by molar-refractivity contribution is 0.653. The first kappa shape index (κ1) is 12.4. The third kappa shape index (κ3) is 1.83. The van der Waals surface area contributed by atoms with Crippen LogP contribution in [0, 0.1) is 0 Å². The second-order valence-corrected chi connectivity index (χ2v) is 5.57. The summed E-state index contributed by atoms with van der Waals surface area (Å²) in [6.45, 7) is 0. The van der Waals surface area contributed by atoms with Gasteiger partial charge in [0.05, 0.1) is 11.1 Å². The quantitative estimate of drug-likeness (QED) is 0.427. The molecule has 2 aromatic heterocycles. The second-order valence-electron chi connectivity index (χ2n) is 5.57. The van der Waals surface area contributed by atoms with Gasteiger partial charge in [-0.2, -0.15) is 0 Å². The highest BCUT2D eigenvalue weighted by atomic mass is 16.3. The summed E-state index contributed by atoms with van der Waals surface area (Å²) in [5.41, 5.74) is 3.45. The topological polar surface area (TPSA) is 38.9 Å². The van der Waals surface area contributed by atoms with Crippen LogP contribution in [-0.4, -0.2) is 9.97 Å². The number of furan rings is 1. The Kier molecular flexibility index (Phi) is 2.50. The molecule has 3 nitrogen and oxygen atoms in total. The fourth-order valence-electron chi connectivity index (χ4n) is 3.11. The zero-order valence-corrected chi connectivity index (χ0v) is 12.2. The van der Waals surface area contributed by atoms with Crippen LogP contribution in [-0.2, 0) is 0 Å². The van der Waals surface area contributed by atoms with Gasteiger partial charge in [-0.3, -0.25) is 0 Å². The minimum atomic E-state index is 0.629. The number of aromatic nitrogens is 2. The van der Waals surface area contributed by atoms with Crippen LogP contribution in [0.5, 0.6) is 0 Å². The first-order valence-corrected chi connectivity index (χ1v) is 7.51. The third-order valence-corrected chi connectivity index (χ3v) is 4.18. The van der Waals surface area contributed by atoms with Crippen LogP contribution in [0.15, 0.2) is 77.5 Å². The van der Waals surface area contributed by atoms with Crippen LogP contribution < -0.4 is 0 Å². The summed E-state index contributed by atoms with van der Waals surface area (Å²) in [6, 6.07) is 22.7. The zero-order chi connectivity index (χ0) is 15.2. The van der Waals surface area contributed by atoms with E-state index in [2.05, 4.69) is 46.4 Å². The van der Waals surface area contributed by atoms with E-state index < -0.39 is 0 Å². The van der Waals surface area contributed by atoms with Crippen molar-refractivity contribution in [2.24, 2.45) is 0 Å². The molecule has 0 aliphatic carbocycles. The molecule has 3 aromatic carbocycles. The van der Waals surface area contributed by atoms with Crippen molar-refractivity contribution < 1.29 is 4.42 Å². The Morgan fingerprint density at radius 1 is 0.739 bits per heavy atom. The van der Waals surface area contributed by atoms with Gasteiger partial charge in [-0.15, -0.1) is 0 Å². The van der Waals surface area contributed by atoms with Crippen molar-refractivity contribution in [1.82, 2.24) is 9.97 Å². The van der Waals surface area contributed by atoms with Crippen molar-refractivity contribution in [2.75, 3.05) is 0 Å². The molecule has 3 heteroatoms. The van der Waals surface area contributed by atoms with Crippen molar-refractivity contribution in [2.45, 2.75) is 0 Å². The first-order chi connectivity index (χ1) is 11.4. The highest BCUT2D eigenvalue weighted by Crippen LogP contribution is 2.35. The van der Waals surface area contributed by atoms with E-state index in [0.29, 0.717) is 5.71 Å². The van der Waals surface area contributed by atoms with Crippen molar-refractivity contribution in [1.29, 1.82) is 0 Å². The summed E-state index contributed by atoms with van der Waals surface area (Å²) >= 11 is 0. The molecule has 0 unspecified atom stereocenters. The van der Waals surface area contributed by atoms with Crippen LogP contribution in [0.4, 0.5) is 0 Å². The van der Waals surface area contributed by atoms with Gasteiger partial charge in [0, 0.05) is 10.9 Å². The van der Waals surface area contributed by atoms with E-state index in [-0.39, 0.29) is 0 Å². The molecule has 0 amide bonds. The Morgan fingerprint density at radius 2 is 1.48 bits per heavy atom. The van der Waals surface area contributed by atoms with E-state index in [9.17, 15) is 0 Å². The van der Waals surface area contributed by atoms with Gasteiger partial charge in [-0.1, -0.05) is 54.6 Å². The van der Waals surface area contributed by atoms with Gasteiger partial charge in [-0.05, 0) is 22.9 Å². The minimum Gasteiger partial charge on any atom is -0.438 e. The molecule has 108 valence electrons. The van der Waals surface area contributed by atoms with E-state index in [1.807, 2.05) is 30.3 Å². The van der Waals surface area contributed by atoms with Crippen LogP contribution in [0.2, 0.25) is 0 Å². The van der Waals surface area contributed by atoms with Crippen molar-refractivity contribution in [3.8, 4) is 11.3 Å². The smallest absolute Gasteiger partial charge is 0.230 e. The van der Waals surface area contributed by atoms with Gasteiger partial charge in [0.25, 0.3) is 0 Å². The summed E-state index contributed by atoms with van der Waals surface area (Å²) < 4.78 is 5.97. The largest absolute Gasteiger partial charge is 0.438 e. The van der Waals surface area contributed by atoms with Crippen LogP contribution in [0.1, 0.15) is 0 Å². The molecule has 5 aromatic rings. The predicted octanol–water partition coefficient (Wildman–Crippen LogP) is 5.20. The zero-order valence-electron chi connectivity index (χ0n) is 12.2. The van der Waals surface area contributed by atoms with E-state index in [4.69, 9.17) is 4.42 Å². The number of hydrogen-bond acceptors (Lipinski definition) is 3. The predicted molar refractivity (Wildman–Crippen MR) is 92.3 cm³/mol. The maximum absolute atomic E-state index is 5.97. The van der Waals surface area contributed by atoms with Gasteiger partial charge in [-0.25, -0.2) is 9.97 Å². The van der Waals surface area contributed by atoms with Crippen LogP contribution in [0.25, 0.3) is 44.1 Å². The Morgan fingerprint density at radius 3 is 2.30 bits per heavy atom. The Balaban J connectivity index is 1.95. The summed E-state index contributed by atoms with van der Waals surface area (Å²) in [4.78, 5) is 8.83. The summed E-state index contributed by atoms with van der Waals surface area (Å²) in [6.07, 6.45) is 1.56. The fraction of sp³-hybridized carbons (Fsp3) is 0. The van der Waals surface area contributed by atoms with Crippen LogP contribution >= 0.6 is 0 Å². The maximum atomic E-state index is 5.97. The van der Waals surface area contributed by atoms with Gasteiger partial charge in [0.2, 0.25) is 5.71 Å². The normalized spacial score (nSPS) is 11.5. The molecule has 0 saturated heterocycles. The number of nitrogens with zero attached hydrogens (tertiary/aromatic N) is 2. The summed E-state index contributed by atoms with van der Waals surface area (Å²) in [7, 11) is 0. The molecule has 0 N–H and O–H groups in total. The molecule has 0 fully saturated rings. The molecule has 2 heterocycles. The monoisotopic (exact) mass is 296 g/mol. The SMILES string of the molecule is c1ccc(-c2ncnc3oc4cc5ccccc5cc4c23)cc1. The van der Waals surface area contributed by atoms with Gasteiger partial charge < -0.3 is 4.42 Å². The molecule has 0 spiro atoms. The molecule has 23 heavy (non-hydrogen) atoms. The number of fused-ring (bicyclic) bond motifs is 4. The lowest BCUT2D eigenvalue weighted by atomic mass is 10.0. The highest BCUT2D eigenvalue weighted by molar-refractivity contribution is 6.13. The minimum absolute atomic E-state index is 0.629. The van der Waals surface area contributed by atoms with E-state index >= 15 is 0 Å². The molecule has 0 radical (unpaired) electrons. The highest BCUT2D eigenvalue weighted by Gasteiger charge is 2.15. The second kappa shape index (κ2) is 4.65. The Labute approximate surface area is 132 Å². The van der Waals surface area contributed by atoms with Crippen LogP contribution in [0.3, 0.4) is 0 Å². The summed E-state index contributed by atoms with van der Waals surface area (Å²) in [5.74, 6) is 0. The lowest BCUT2D eigenvalue weighted by Gasteiger charge is -2.02. The molecule has 0 aliphatic heterocycles. The lowest BCUT2D eigenvalue weighted by Crippen LogP contribution is -1.86. The number of hydrogen-bond donors (Lipinski definition) is 0. The molecule has 0 saturated carbocycles. The Bertz CT molecular complexity index is 1160. The third-order valence-electron chi connectivity index (χ3n) is 4.18. The van der Waals surface area contributed by atoms with Crippen molar-refractivity contribution >= 4 is 32.8 Å². The van der Waals surface area contributed by atoms with Gasteiger partial charge >= 0.3 is 0 Å². The van der Waals surface area contributed by atoms with Gasteiger partial charge in [0.1, 0.15) is 11.9 Å². The Hall–Kier alpha value is -3.20.